The summed E-state index contributed by atoms with van der Waals surface area (Å²) in [7, 11) is -3.98. The van der Waals surface area contributed by atoms with Gasteiger partial charge < -0.3 is 0 Å². The maximum Gasteiger partial charge on any atom is 0.426 e. The third-order valence-corrected chi connectivity index (χ3v) is 4.69. The van der Waals surface area contributed by atoms with Gasteiger partial charge in [0, 0.05) is 0 Å². The molecule has 0 bridgehead atoms. The number of hydrogen-bond donors (Lipinski definition) is 0. The second-order valence-electron chi connectivity index (χ2n) is 6.30. The topological polar surface area (TPSA) is 61.8 Å². The Morgan fingerprint density at radius 2 is 1.04 bits per heavy atom. The van der Waals surface area contributed by atoms with Gasteiger partial charge in [0.15, 0.2) is 0 Å². The summed E-state index contributed by atoms with van der Waals surface area (Å²) in [4.78, 5) is 4.36. The van der Waals surface area contributed by atoms with Gasteiger partial charge in [-0.25, -0.2) is 9.07 Å². The molecule has 0 aliphatic carbocycles. The zero-order valence-corrected chi connectivity index (χ0v) is 16.6. The van der Waals surface area contributed by atoms with Gasteiger partial charge in [-0.2, -0.15) is 8.42 Å². The van der Waals surface area contributed by atoms with Crippen LogP contribution in [0.3, 0.4) is 0 Å². The highest BCUT2D eigenvalue weighted by atomic mass is 32.3. The third kappa shape index (κ3) is 18.2. The Morgan fingerprint density at radius 1 is 0.625 bits per heavy atom. The van der Waals surface area contributed by atoms with Crippen LogP contribution in [0, 0.1) is 0 Å². The first kappa shape index (κ1) is 23.8. The Morgan fingerprint density at radius 3 is 1.46 bits per heavy atom. The van der Waals surface area contributed by atoms with Crippen molar-refractivity contribution in [1.82, 2.24) is 0 Å². The summed E-state index contributed by atoms with van der Waals surface area (Å²) in [5.74, 6) is 0. The lowest BCUT2D eigenvalue weighted by atomic mass is 10.0. The minimum absolute atomic E-state index is 0.160. The van der Waals surface area contributed by atoms with E-state index >= 15 is 0 Å². The van der Waals surface area contributed by atoms with Crippen molar-refractivity contribution in [2.24, 2.45) is 0 Å². The van der Waals surface area contributed by atoms with Crippen molar-refractivity contribution in [3.05, 3.63) is 0 Å². The van der Waals surface area contributed by atoms with Crippen molar-refractivity contribution in [2.45, 2.75) is 104 Å². The molecule has 0 aromatic heterocycles. The first-order valence-corrected chi connectivity index (χ1v) is 11.2. The highest BCUT2D eigenvalue weighted by Crippen LogP contribution is 2.13. The molecule has 146 valence electrons. The van der Waals surface area contributed by atoms with Crippen LogP contribution in [-0.2, 0) is 23.8 Å². The molecule has 0 aromatic carbocycles. The molecule has 0 N–H and O–H groups in total. The normalized spacial score (nSPS) is 11.9. The monoisotopic (exact) mass is 366 g/mol. The molecule has 0 saturated carbocycles. The SMILES string of the molecule is CCCCCCCCCCCCCCCCOS(=O)(=O)OOCC. The first-order valence-electron chi connectivity index (χ1n) is 9.82. The average Bonchev–Trinajstić information content (AvgIpc) is 2.56. The molecule has 6 heteroatoms. The molecule has 5 nitrogen and oxygen atoms in total. The van der Waals surface area contributed by atoms with E-state index in [0.717, 1.165) is 19.3 Å². The van der Waals surface area contributed by atoms with Crippen molar-refractivity contribution in [1.29, 1.82) is 0 Å². The fourth-order valence-corrected chi connectivity index (χ4v) is 3.16. The quantitative estimate of drug-likeness (QED) is 0.167. The molecule has 0 fully saturated rings. The van der Waals surface area contributed by atoms with Crippen LogP contribution in [-0.4, -0.2) is 21.6 Å². The highest BCUT2D eigenvalue weighted by Gasteiger charge is 2.12. The number of hydrogen-bond acceptors (Lipinski definition) is 5. The van der Waals surface area contributed by atoms with Crippen molar-refractivity contribution < 1.29 is 21.8 Å². The Balaban J connectivity index is 3.18. The van der Waals surface area contributed by atoms with E-state index in [4.69, 9.17) is 0 Å². The van der Waals surface area contributed by atoms with Crippen LogP contribution in [0.4, 0.5) is 0 Å². The Kier molecular flexibility index (Phi) is 17.5. The molecular formula is C18H38O5S. The van der Waals surface area contributed by atoms with Crippen molar-refractivity contribution in [2.75, 3.05) is 13.2 Å². The first-order chi connectivity index (χ1) is 11.6. The van der Waals surface area contributed by atoms with E-state index in [0.29, 0.717) is 0 Å². The fraction of sp³-hybridized carbons (Fsp3) is 1.00. The molecule has 0 aliphatic heterocycles. The van der Waals surface area contributed by atoms with E-state index in [1.807, 2.05) is 0 Å². The Bertz CT molecular complexity index is 343. The summed E-state index contributed by atoms with van der Waals surface area (Å²) in [6.45, 7) is 4.23. The van der Waals surface area contributed by atoms with Gasteiger partial charge in [0.2, 0.25) is 0 Å². The summed E-state index contributed by atoms with van der Waals surface area (Å²) in [5.41, 5.74) is 0. The number of rotatable bonds is 19. The predicted octanol–water partition coefficient (Wildman–Crippen LogP) is 5.70. The minimum Gasteiger partial charge on any atom is -0.246 e. The highest BCUT2D eigenvalue weighted by molar-refractivity contribution is 7.81. The van der Waals surface area contributed by atoms with Crippen LogP contribution in [0.5, 0.6) is 0 Å². The van der Waals surface area contributed by atoms with E-state index in [2.05, 4.69) is 20.3 Å². The van der Waals surface area contributed by atoms with E-state index in [9.17, 15) is 8.42 Å². The summed E-state index contributed by atoms with van der Waals surface area (Å²) < 4.78 is 31.1. The fourth-order valence-electron chi connectivity index (χ4n) is 2.58. The van der Waals surface area contributed by atoms with Crippen LogP contribution in [0.2, 0.25) is 0 Å². The van der Waals surface area contributed by atoms with Crippen molar-refractivity contribution >= 4 is 10.4 Å². The molecule has 0 aliphatic rings. The van der Waals surface area contributed by atoms with Gasteiger partial charge in [-0.15, -0.1) is 0 Å². The lowest BCUT2D eigenvalue weighted by molar-refractivity contribution is -0.205. The Hall–Kier alpha value is -0.170. The average molecular weight is 367 g/mol. The molecule has 0 saturated heterocycles. The van der Waals surface area contributed by atoms with E-state index in [-0.39, 0.29) is 13.2 Å². The summed E-state index contributed by atoms with van der Waals surface area (Å²) >= 11 is 0. The maximum absolute atomic E-state index is 11.2. The molecular weight excluding hydrogens is 328 g/mol. The molecule has 0 rings (SSSR count). The van der Waals surface area contributed by atoms with E-state index in [1.54, 1.807) is 6.92 Å². The zero-order chi connectivity index (χ0) is 17.9. The lowest BCUT2D eigenvalue weighted by Crippen LogP contribution is -2.11. The van der Waals surface area contributed by atoms with Crippen LogP contribution in [0.1, 0.15) is 104 Å². The van der Waals surface area contributed by atoms with Crippen LogP contribution in [0.15, 0.2) is 0 Å². The number of unbranched alkanes of at least 4 members (excludes halogenated alkanes) is 13. The summed E-state index contributed by atoms with van der Waals surface area (Å²) in [6, 6.07) is 0. The summed E-state index contributed by atoms with van der Waals surface area (Å²) in [6.07, 6.45) is 17.7. The van der Waals surface area contributed by atoms with Crippen LogP contribution >= 0.6 is 0 Å². The van der Waals surface area contributed by atoms with Crippen LogP contribution in [0.25, 0.3) is 0 Å². The van der Waals surface area contributed by atoms with Crippen molar-refractivity contribution in [3.63, 3.8) is 0 Å². The smallest absolute Gasteiger partial charge is 0.246 e. The van der Waals surface area contributed by atoms with Gasteiger partial charge in [-0.1, -0.05) is 94.7 Å². The summed E-state index contributed by atoms with van der Waals surface area (Å²) in [5, 5.41) is 0. The standard InChI is InChI=1S/C18H38O5S/c1-3-5-6-7-8-9-10-11-12-13-14-15-16-17-18-22-24(19,20)23-21-4-2/h3-18H2,1-2H3. The molecule has 0 unspecified atom stereocenters. The minimum atomic E-state index is -3.98. The van der Waals surface area contributed by atoms with Gasteiger partial charge >= 0.3 is 10.4 Å². The van der Waals surface area contributed by atoms with Gasteiger partial charge in [0.25, 0.3) is 0 Å². The van der Waals surface area contributed by atoms with E-state index in [1.165, 1.54) is 70.6 Å². The second kappa shape index (κ2) is 17.6. The maximum atomic E-state index is 11.2. The largest absolute Gasteiger partial charge is 0.426 e. The van der Waals surface area contributed by atoms with Crippen LogP contribution < -0.4 is 0 Å². The lowest BCUT2D eigenvalue weighted by Gasteiger charge is -2.05. The molecule has 0 radical (unpaired) electrons. The molecule has 24 heavy (non-hydrogen) atoms. The zero-order valence-electron chi connectivity index (χ0n) is 15.8. The van der Waals surface area contributed by atoms with E-state index < -0.39 is 10.4 Å². The third-order valence-electron chi connectivity index (χ3n) is 3.97. The predicted molar refractivity (Wildman–Crippen MR) is 97.9 cm³/mol. The van der Waals surface area contributed by atoms with Gasteiger partial charge in [-0.05, 0) is 13.3 Å². The molecule has 0 aromatic rings. The molecule has 0 spiro atoms. The molecule has 0 atom stereocenters. The molecule has 0 heterocycles. The Labute approximate surface area is 149 Å². The second-order valence-corrected chi connectivity index (χ2v) is 7.49. The van der Waals surface area contributed by atoms with Crippen molar-refractivity contribution in [3.8, 4) is 0 Å². The van der Waals surface area contributed by atoms with Gasteiger partial charge in [0.05, 0.1) is 13.2 Å². The molecule has 0 amide bonds. The van der Waals surface area contributed by atoms with Gasteiger partial charge in [0.1, 0.15) is 0 Å². The van der Waals surface area contributed by atoms with Gasteiger partial charge in [-0.3, -0.25) is 0 Å².